The van der Waals surface area contributed by atoms with Crippen LogP contribution in [0.2, 0.25) is 0 Å². The molecule has 0 aromatic heterocycles. The van der Waals surface area contributed by atoms with E-state index in [0.717, 1.165) is 43.8 Å². The van der Waals surface area contributed by atoms with E-state index >= 15 is 0 Å². The summed E-state index contributed by atoms with van der Waals surface area (Å²) in [7, 11) is 0. The fourth-order valence-corrected chi connectivity index (χ4v) is 2.56. The molecule has 1 aliphatic heterocycles. The zero-order valence-corrected chi connectivity index (χ0v) is 11.4. The molecule has 1 aromatic carbocycles. The van der Waals surface area contributed by atoms with E-state index in [9.17, 15) is 5.11 Å². The third-order valence-electron chi connectivity index (χ3n) is 3.83. The summed E-state index contributed by atoms with van der Waals surface area (Å²) in [6, 6.07) is 7.88. The minimum Gasteiger partial charge on any atom is -0.494 e. The van der Waals surface area contributed by atoms with Crippen LogP contribution in [0.25, 0.3) is 0 Å². The topological polar surface area (TPSA) is 32.7 Å². The summed E-state index contributed by atoms with van der Waals surface area (Å²) in [5.74, 6) is 0.871. The largest absolute Gasteiger partial charge is 0.494 e. The van der Waals surface area contributed by atoms with Crippen LogP contribution in [0.3, 0.4) is 0 Å². The smallest absolute Gasteiger partial charge is 0.119 e. The number of benzene rings is 1. The molecule has 0 spiro atoms. The molecule has 18 heavy (non-hydrogen) atoms. The summed E-state index contributed by atoms with van der Waals surface area (Å²) < 4.78 is 5.43. The van der Waals surface area contributed by atoms with Crippen molar-refractivity contribution in [3.8, 4) is 5.75 Å². The van der Waals surface area contributed by atoms with Crippen LogP contribution in [-0.2, 0) is 5.60 Å². The SMILES string of the molecule is CCOc1ccc(C2(O)CCN(CC)CC2)cc1. The van der Waals surface area contributed by atoms with E-state index in [2.05, 4.69) is 11.8 Å². The van der Waals surface area contributed by atoms with Crippen LogP contribution < -0.4 is 4.74 Å². The van der Waals surface area contributed by atoms with Gasteiger partial charge < -0.3 is 14.7 Å². The lowest BCUT2D eigenvalue weighted by Gasteiger charge is -2.38. The van der Waals surface area contributed by atoms with Crippen molar-refractivity contribution in [2.75, 3.05) is 26.2 Å². The quantitative estimate of drug-likeness (QED) is 0.889. The molecular weight excluding hydrogens is 226 g/mol. The highest BCUT2D eigenvalue weighted by molar-refractivity contribution is 5.31. The maximum Gasteiger partial charge on any atom is 0.119 e. The zero-order chi connectivity index (χ0) is 13.0. The van der Waals surface area contributed by atoms with Crippen molar-refractivity contribution in [1.82, 2.24) is 4.90 Å². The first kappa shape index (κ1) is 13.4. The summed E-state index contributed by atoms with van der Waals surface area (Å²) in [5, 5.41) is 10.7. The summed E-state index contributed by atoms with van der Waals surface area (Å²) in [6.45, 7) is 7.83. The Labute approximate surface area is 109 Å². The Hall–Kier alpha value is -1.06. The average Bonchev–Trinajstić information content (AvgIpc) is 2.41. The molecule has 0 bridgehead atoms. The Morgan fingerprint density at radius 3 is 2.28 bits per heavy atom. The first-order chi connectivity index (χ1) is 8.68. The third kappa shape index (κ3) is 2.85. The van der Waals surface area contributed by atoms with Crippen molar-refractivity contribution >= 4 is 0 Å². The van der Waals surface area contributed by atoms with E-state index in [4.69, 9.17) is 4.74 Å². The second-order valence-corrected chi connectivity index (χ2v) is 4.92. The maximum absolute atomic E-state index is 10.7. The minimum absolute atomic E-state index is 0.656. The van der Waals surface area contributed by atoms with Crippen LogP contribution in [0.15, 0.2) is 24.3 Å². The van der Waals surface area contributed by atoms with Crippen molar-refractivity contribution in [2.45, 2.75) is 32.3 Å². The molecule has 3 heteroatoms. The molecule has 1 fully saturated rings. The Kier molecular flexibility index (Phi) is 4.25. The van der Waals surface area contributed by atoms with E-state index in [0.29, 0.717) is 6.61 Å². The molecule has 1 aromatic rings. The lowest BCUT2D eigenvalue weighted by atomic mass is 9.84. The predicted octanol–water partition coefficient (Wildman–Crippen LogP) is 2.39. The van der Waals surface area contributed by atoms with Crippen LogP contribution in [0.4, 0.5) is 0 Å². The predicted molar refractivity (Wildman–Crippen MR) is 72.9 cm³/mol. The van der Waals surface area contributed by atoms with Gasteiger partial charge in [0.05, 0.1) is 12.2 Å². The zero-order valence-electron chi connectivity index (χ0n) is 11.4. The lowest BCUT2D eigenvalue weighted by Crippen LogP contribution is -2.42. The number of likely N-dealkylation sites (tertiary alicyclic amines) is 1. The minimum atomic E-state index is -0.656. The van der Waals surface area contributed by atoms with E-state index in [1.54, 1.807) is 0 Å². The standard InChI is InChI=1S/C15H23NO2/c1-3-16-11-9-15(17,10-12-16)13-5-7-14(8-6-13)18-4-2/h5-8,17H,3-4,9-12H2,1-2H3. The van der Waals surface area contributed by atoms with Crippen LogP contribution in [0.5, 0.6) is 5.75 Å². The highest BCUT2D eigenvalue weighted by Crippen LogP contribution is 2.33. The second-order valence-electron chi connectivity index (χ2n) is 4.92. The third-order valence-corrected chi connectivity index (χ3v) is 3.83. The number of aliphatic hydroxyl groups is 1. The van der Waals surface area contributed by atoms with E-state index in [1.165, 1.54) is 0 Å². The molecule has 1 N–H and O–H groups in total. The van der Waals surface area contributed by atoms with E-state index < -0.39 is 5.60 Å². The number of hydrogen-bond donors (Lipinski definition) is 1. The molecule has 3 nitrogen and oxygen atoms in total. The van der Waals surface area contributed by atoms with Gasteiger partial charge in [-0.05, 0) is 44.0 Å². The van der Waals surface area contributed by atoms with Crippen LogP contribution in [0.1, 0.15) is 32.3 Å². The van der Waals surface area contributed by atoms with Gasteiger partial charge in [0.1, 0.15) is 5.75 Å². The fourth-order valence-electron chi connectivity index (χ4n) is 2.56. The Morgan fingerprint density at radius 2 is 1.78 bits per heavy atom. The van der Waals surface area contributed by atoms with Crippen molar-refractivity contribution in [3.63, 3.8) is 0 Å². The summed E-state index contributed by atoms with van der Waals surface area (Å²) >= 11 is 0. The molecule has 0 saturated carbocycles. The van der Waals surface area contributed by atoms with Gasteiger partial charge >= 0.3 is 0 Å². The van der Waals surface area contributed by atoms with Gasteiger partial charge in [0.2, 0.25) is 0 Å². The van der Waals surface area contributed by atoms with Gasteiger partial charge in [-0.1, -0.05) is 19.1 Å². The molecule has 0 amide bonds. The number of ether oxygens (including phenoxy) is 1. The van der Waals surface area contributed by atoms with Crippen molar-refractivity contribution in [3.05, 3.63) is 29.8 Å². The Balaban J connectivity index is 2.06. The van der Waals surface area contributed by atoms with E-state index in [-0.39, 0.29) is 0 Å². The fraction of sp³-hybridized carbons (Fsp3) is 0.600. The number of nitrogens with zero attached hydrogens (tertiary/aromatic N) is 1. The van der Waals surface area contributed by atoms with E-state index in [1.807, 2.05) is 31.2 Å². The molecule has 0 aliphatic carbocycles. The van der Waals surface area contributed by atoms with Crippen molar-refractivity contribution in [2.24, 2.45) is 0 Å². The van der Waals surface area contributed by atoms with Crippen molar-refractivity contribution in [1.29, 1.82) is 0 Å². The first-order valence-corrected chi connectivity index (χ1v) is 6.86. The summed E-state index contributed by atoms with van der Waals surface area (Å²) in [4.78, 5) is 2.38. The highest BCUT2D eigenvalue weighted by Gasteiger charge is 2.33. The summed E-state index contributed by atoms with van der Waals surface area (Å²) in [6.07, 6.45) is 1.63. The molecule has 1 saturated heterocycles. The molecule has 100 valence electrons. The van der Waals surface area contributed by atoms with Gasteiger partial charge in [-0.25, -0.2) is 0 Å². The molecular formula is C15H23NO2. The molecule has 2 rings (SSSR count). The molecule has 1 aliphatic rings. The van der Waals surface area contributed by atoms with Crippen LogP contribution >= 0.6 is 0 Å². The van der Waals surface area contributed by atoms with Gasteiger partial charge in [-0.2, -0.15) is 0 Å². The Bertz CT molecular complexity index is 367. The molecule has 0 unspecified atom stereocenters. The van der Waals surface area contributed by atoms with Gasteiger partial charge in [-0.3, -0.25) is 0 Å². The second kappa shape index (κ2) is 5.72. The van der Waals surface area contributed by atoms with Gasteiger partial charge in [0.25, 0.3) is 0 Å². The van der Waals surface area contributed by atoms with Crippen LogP contribution in [-0.4, -0.2) is 36.2 Å². The van der Waals surface area contributed by atoms with Crippen LogP contribution in [0, 0.1) is 0 Å². The maximum atomic E-state index is 10.7. The molecule has 0 atom stereocenters. The van der Waals surface area contributed by atoms with Gasteiger partial charge in [0.15, 0.2) is 0 Å². The highest BCUT2D eigenvalue weighted by atomic mass is 16.5. The number of rotatable bonds is 4. The van der Waals surface area contributed by atoms with Gasteiger partial charge in [0, 0.05) is 13.1 Å². The average molecular weight is 249 g/mol. The van der Waals surface area contributed by atoms with Crippen molar-refractivity contribution < 1.29 is 9.84 Å². The number of hydrogen-bond acceptors (Lipinski definition) is 3. The number of piperidine rings is 1. The molecule has 1 heterocycles. The normalized spacial score (nSPS) is 19.7. The lowest BCUT2D eigenvalue weighted by molar-refractivity contribution is -0.0247. The summed E-state index contributed by atoms with van der Waals surface area (Å²) in [5.41, 5.74) is 0.359. The van der Waals surface area contributed by atoms with Gasteiger partial charge in [-0.15, -0.1) is 0 Å². The Morgan fingerprint density at radius 1 is 1.17 bits per heavy atom. The monoisotopic (exact) mass is 249 g/mol. The first-order valence-electron chi connectivity index (χ1n) is 6.86. The molecule has 0 radical (unpaired) electrons.